The molecule has 88 valence electrons. The van der Waals surface area contributed by atoms with Crippen LogP contribution < -0.4 is 5.14 Å². The Bertz CT molecular complexity index is 523. The minimum Gasteiger partial charge on any atom is -0.294 e. The number of sulfonamides is 1. The molecule has 0 saturated heterocycles. The summed E-state index contributed by atoms with van der Waals surface area (Å²) in [5.74, 6) is -0.330. The van der Waals surface area contributed by atoms with Crippen molar-refractivity contribution in [2.45, 2.75) is 18.7 Å². The van der Waals surface area contributed by atoms with Crippen LogP contribution in [0, 0.1) is 5.92 Å². The van der Waals surface area contributed by atoms with Gasteiger partial charge in [-0.1, -0.05) is 25.4 Å². The Morgan fingerprint density at radius 1 is 1.38 bits per heavy atom. The molecule has 6 heteroatoms. The Balaban J connectivity index is 3.26. The van der Waals surface area contributed by atoms with Crippen molar-refractivity contribution < 1.29 is 13.2 Å². The fourth-order valence-electron chi connectivity index (χ4n) is 1.18. The third kappa shape index (κ3) is 2.81. The third-order valence-corrected chi connectivity index (χ3v) is 3.28. The van der Waals surface area contributed by atoms with Gasteiger partial charge in [-0.2, -0.15) is 0 Å². The van der Waals surface area contributed by atoms with Crippen LogP contribution in [0.4, 0.5) is 0 Å². The van der Waals surface area contributed by atoms with Crippen molar-refractivity contribution in [1.29, 1.82) is 0 Å². The van der Waals surface area contributed by atoms with Crippen molar-refractivity contribution in [3.63, 3.8) is 0 Å². The Morgan fingerprint density at radius 2 is 1.94 bits per heavy atom. The molecule has 4 nitrogen and oxygen atoms in total. The van der Waals surface area contributed by atoms with E-state index in [2.05, 4.69) is 0 Å². The zero-order valence-electron chi connectivity index (χ0n) is 8.90. The van der Waals surface area contributed by atoms with Crippen LogP contribution in [0.5, 0.6) is 0 Å². The van der Waals surface area contributed by atoms with Gasteiger partial charge in [0, 0.05) is 11.5 Å². The number of carbonyl (C=O) groups excluding carboxylic acids is 1. The summed E-state index contributed by atoms with van der Waals surface area (Å²) >= 11 is 5.83. The summed E-state index contributed by atoms with van der Waals surface area (Å²) in [6, 6.07) is 3.84. The molecule has 0 heterocycles. The van der Waals surface area contributed by atoms with Crippen LogP contribution in [0.2, 0.25) is 5.02 Å². The van der Waals surface area contributed by atoms with E-state index < -0.39 is 10.0 Å². The lowest BCUT2D eigenvalue weighted by Gasteiger charge is -2.07. The summed E-state index contributed by atoms with van der Waals surface area (Å²) in [5.41, 5.74) is 0.309. The Morgan fingerprint density at radius 3 is 2.31 bits per heavy atom. The molecule has 16 heavy (non-hydrogen) atoms. The number of hydrogen-bond acceptors (Lipinski definition) is 3. The molecule has 0 aliphatic carbocycles. The molecule has 0 radical (unpaired) electrons. The van der Waals surface area contributed by atoms with Crippen LogP contribution in [0.25, 0.3) is 0 Å². The second-order valence-electron chi connectivity index (χ2n) is 3.71. The summed E-state index contributed by atoms with van der Waals surface area (Å²) in [6.07, 6.45) is 0. The van der Waals surface area contributed by atoms with E-state index in [1.807, 2.05) is 0 Å². The average Bonchev–Trinajstić information content (AvgIpc) is 2.15. The van der Waals surface area contributed by atoms with E-state index >= 15 is 0 Å². The van der Waals surface area contributed by atoms with E-state index in [1.165, 1.54) is 18.2 Å². The lowest BCUT2D eigenvalue weighted by molar-refractivity contribution is 0.0939. The van der Waals surface area contributed by atoms with E-state index in [0.717, 1.165) is 0 Å². The summed E-state index contributed by atoms with van der Waals surface area (Å²) < 4.78 is 22.1. The molecule has 0 amide bonds. The van der Waals surface area contributed by atoms with Crippen LogP contribution in [-0.2, 0) is 10.0 Å². The summed E-state index contributed by atoms with van der Waals surface area (Å²) in [5, 5.41) is 5.04. The Labute approximate surface area is 99.5 Å². The fraction of sp³-hybridized carbons (Fsp3) is 0.300. The van der Waals surface area contributed by atoms with Gasteiger partial charge in [0.15, 0.2) is 5.78 Å². The first-order valence-electron chi connectivity index (χ1n) is 4.60. The minimum absolute atomic E-state index is 0.0993. The smallest absolute Gasteiger partial charge is 0.238 e. The number of halogens is 1. The van der Waals surface area contributed by atoms with Crippen molar-refractivity contribution in [3.05, 3.63) is 28.8 Å². The highest BCUT2D eigenvalue weighted by atomic mass is 35.5. The lowest BCUT2D eigenvalue weighted by atomic mass is 10.0. The first kappa shape index (κ1) is 13.2. The highest BCUT2D eigenvalue weighted by Gasteiger charge is 2.16. The molecule has 2 N–H and O–H groups in total. The van der Waals surface area contributed by atoms with Crippen molar-refractivity contribution in [1.82, 2.24) is 0 Å². The zero-order chi connectivity index (χ0) is 12.5. The van der Waals surface area contributed by atoms with Gasteiger partial charge in [0.1, 0.15) is 0 Å². The number of ketones is 1. The molecular formula is C10H12ClNO3S. The predicted molar refractivity (Wildman–Crippen MR) is 62.0 cm³/mol. The number of nitrogens with two attached hydrogens (primary N) is 1. The molecule has 1 rings (SSSR count). The van der Waals surface area contributed by atoms with Crippen molar-refractivity contribution in [2.24, 2.45) is 11.1 Å². The SMILES string of the molecule is CC(C)C(=O)c1ccc(S(N)(=O)=O)cc1Cl. The molecule has 0 atom stereocenters. The van der Waals surface area contributed by atoms with Gasteiger partial charge in [-0.3, -0.25) is 4.79 Å². The number of carbonyl (C=O) groups is 1. The van der Waals surface area contributed by atoms with E-state index in [4.69, 9.17) is 16.7 Å². The maximum Gasteiger partial charge on any atom is 0.238 e. The van der Waals surface area contributed by atoms with Crippen LogP contribution in [0.3, 0.4) is 0 Å². The minimum atomic E-state index is -3.78. The second kappa shape index (κ2) is 4.53. The highest BCUT2D eigenvalue weighted by Crippen LogP contribution is 2.22. The van der Waals surface area contributed by atoms with Crippen LogP contribution >= 0.6 is 11.6 Å². The first-order valence-corrected chi connectivity index (χ1v) is 6.52. The molecular weight excluding hydrogens is 250 g/mol. The molecule has 0 aliphatic heterocycles. The lowest BCUT2D eigenvalue weighted by Crippen LogP contribution is -2.13. The quantitative estimate of drug-likeness (QED) is 0.843. The molecule has 1 aromatic carbocycles. The Hall–Kier alpha value is -0.910. The standard InChI is InChI=1S/C10H12ClNO3S/c1-6(2)10(13)8-4-3-7(5-9(8)11)16(12,14)15/h3-6H,1-2H3,(H2,12,14,15). The van der Waals surface area contributed by atoms with Gasteiger partial charge in [0.05, 0.1) is 9.92 Å². The average molecular weight is 262 g/mol. The molecule has 0 saturated carbocycles. The fourth-order valence-corrected chi connectivity index (χ4v) is 2.06. The maximum absolute atomic E-state index is 11.7. The van der Waals surface area contributed by atoms with Gasteiger partial charge >= 0.3 is 0 Å². The molecule has 0 spiro atoms. The predicted octanol–water partition coefficient (Wildman–Crippen LogP) is 1.83. The van der Waals surface area contributed by atoms with Crippen LogP contribution in [-0.4, -0.2) is 14.2 Å². The van der Waals surface area contributed by atoms with Crippen LogP contribution in [0.15, 0.2) is 23.1 Å². The van der Waals surface area contributed by atoms with E-state index in [0.29, 0.717) is 5.56 Å². The van der Waals surface area contributed by atoms with Gasteiger partial charge in [-0.15, -0.1) is 0 Å². The van der Waals surface area contributed by atoms with Gasteiger partial charge in [0.2, 0.25) is 10.0 Å². The normalized spacial score (nSPS) is 11.8. The van der Waals surface area contributed by atoms with Crippen molar-refractivity contribution in [2.75, 3.05) is 0 Å². The highest BCUT2D eigenvalue weighted by molar-refractivity contribution is 7.89. The van der Waals surface area contributed by atoms with E-state index in [1.54, 1.807) is 13.8 Å². The molecule has 0 unspecified atom stereocenters. The number of rotatable bonds is 3. The van der Waals surface area contributed by atoms with Crippen molar-refractivity contribution in [3.8, 4) is 0 Å². The molecule has 0 bridgehead atoms. The monoisotopic (exact) mass is 261 g/mol. The summed E-state index contributed by atoms with van der Waals surface area (Å²) in [7, 11) is -3.78. The zero-order valence-corrected chi connectivity index (χ0v) is 10.5. The number of benzene rings is 1. The first-order chi connectivity index (χ1) is 7.23. The van der Waals surface area contributed by atoms with Gasteiger partial charge < -0.3 is 0 Å². The van der Waals surface area contributed by atoms with Crippen molar-refractivity contribution >= 4 is 27.4 Å². The molecule has 0 aromatic heterocycles. The van der Waals surface area contributed by atoms with Crippen LogP contribution in [0.1, 0.15) is 24.2 Å². The van der Waals surface area contributed by atoms with Gasteiger partial charge in [-0.25, -0.2) is 13.6 Å². The maximum atomic E-state index is 11.7. The number of hydrogen-bond donors (Lipinski definition) is 1. The van der Waals surface area contributed by atoms with E-state index in [9.17, 15) is 13.2 Å². The second-order valence-corrected chi connectivity index (χ2v) is 5.67. The molecule has 1 aromatic rings. The topological polar surface area (TPSA) is 77.2 Å². The Kier molecular flexibility index (Phi) is 3.72. The summed E-state index contributed by atoms with van der Waals surface area (Å²) in [6.45, 7) is 3.48. The van der Waals surface area contributed by atoms with Gasteiger partial charge in [-0.05, 0) is 18.2 Å². The largest absolute Gasteiger partial charge is 0.294 e. The number of primary sulfonamides is 1. The van der Waals surface area contributed by atoms with E-state index in [-0.39, 0.29) is 21.6 Å². The summed E-state index contributed by atoms with van der Waals surface area (Å²) in [4.78, 5) is 11.6. The molecule has 0 aliphatic rings. The molecule has 0 fully saturated rings. The third-order valence-electron chi connectivity index (χ3n) is 2.06. The number of Topliss-reactive ketones (excluding diaryl/α,β-unsaturated/α-hetero) is 1. The van der Waals surface area contributed by atoms with Gasteiger partial charge in [0.25, 0.3) is 0 Å².